The number of carbonyl (C=O) groups excluding carboxylic acids is 1. The van der Waals surface area contributed by atoms with Crippen molar-refractivity contribution in [2.45, 2.75) is 39.0 Å². The van der Waals surface area contributed by atoms with E-state index in [0.29, 0.717) is 5.56 Å². The Balaban J connectivity index is 1.45. The summed E-state index contributed by atoms with van der Waals surface area (Å²) in [7, 11) is 1.64. The van der Waals surface area contributed by atoms with Crippen LogP contribution in [0.3, 0.4) is 0 Å². The molecular formula is C26H29N7O. The van der Waals surface area contributed by atoms with E-state index in [4.69, 9.17) is 0 Å². The van der Waals surface area contributed by atoms with E-state index < -0.39 is 0 Å². The maximum atomic E-state index is 12.2. The first-order chi connectivity index (χ1) is 16.5. The monoisotopic (exact) mass is 455 g/mol. The van der Waals surface area contributed by atoms with Crippen molar-refractivity contribution in [3.63, 3.8) is 0 Å². The van der Waals surface area contributed by atoms with Gasteiger partial charge in [0.15, 0.2) is 0 Å². The van der Waals surface area contributed by atoms with Crippen molar-refractivity contribution in [3.05, 3.63) is 72.2 Å². The number of hydrogen-bond donors (Lipinski definition) is 2. The van der Waals surface area contributed by atoms with E-state index >= 15 is 0 Å². The second-order valence-corrected chi connectivity index (χ2v) is 8.57. The van der Waals surface area contributed by atoms with Gasteiger partial charge in [0.2, 0.25) is 0 Å². The molecule has 0 aliphatic carbocycles. The van der Waals surface area contributed by atoms with Crippen molar-refractivity contribution in [2.24, 2.45) is 0 Å². The van der Waals surface area contributed by atoms with E-state index in [0.717, 1.165) is 52.3 Å². The molecule has 0 saturated heterocycles. The fourth-order valence-corrected chi connectivity index (χ4v) is 3.88. The summed E-state index contributed by atoms with van der Waals surface area (Å²) < 4.78 is 0. The normalized spacial score (nSPS) is 12.0. The molecule has 0 fully saturated rings. The highest BCUT2D eigenvalue weighted by molar-refractivity contribution is 6.06. The van der Waals surface area contributed by atoms with Crippen LogP contribution in [0.5, 0.6) is 0 Å². The quantitative estimate of drug-likeness (QED) is 0.401. The fourth-order valence-electron chi connectivity index (χ4n) is 3.88. The summed E-state index contributed by atoms with van der Waals surface area (Å²) in [5, 5.41) is 6.96. The van der Waals surface area contributed by atoms with Crippen molar-refractivity contribution in [2.75, 3.05) is 18.9 Å². The molecule has 3 heterocycles. The number of carbonyl (C=O) groups is 1. The molecule has 174 valence electrons. The fraction of sp³-hybridized carbons (Fsp3) is 0.308. The van der Waals surface area contributed by atoms with Crippen molar-refractivity contribution >= 4 is 22.6 Å². The molecule has 4 aromatic rings. The van der Waals surface area contributed by atoms with Crippen molar-refractivity contribution in [3.8, 4) is 11.3 Å². The number of pyridine rings is 1. The number of para-hydroxylation sites is 1. The Hall–Kier alpha value is -3.94. The van der Waals surface area contributed by atoms with Crippen LogP contribution < -0.4 is 10.6 Å². The van der Waals surface area contributed by atoms with Crippen LogP contribution >= 0.6 is 0 Å². The molecule has 0 aliphatic heterocycles. The molecule has 1 aromatic carbocycles. The average molecular weight is 456 g/mol. The molecule has 4 rings (SSSR count). The van der Waals surface area contributed by atoms with Gasteiger partial charge in [-0.15, -0.1) is 0 Å². The Morgan fingerprint density at radius 2 is 1.79 bits per heavy atom. The Bertz CT molecular complexity index is 1290. The van der Waals surface area contributed by atoms with Crippen LogP contribution in [0.2, 0.25) is 0 Å². The molecule has 8 heteroatoms. The third kappa shape index (κ3) is 5.01. The van der Waals surface area contributed by atoms with Gasteiger partial charge in [0.25, 0.3) is 5.91 Å². The molecule has 1 amide bonds. The lowest BCUT2D eigenvalue weighted by Gasteiger charge is -2.16. The highest BCUT2D eigenvalue weighted by atomic mass is 16.1. The van der Waals surface area contributed by atoms with Crippen LogP contribution in [-0.4, -0.2) is 44.4 Å². The van der Waals surface area contributed by atoms with E-state index in [1.807, 2.05) is 18.2 Å². The molecule has 0 spiro atoms. The predicted octanol–water partition coefficient (Wildman–Crippen LogP) is 4.57. The number of benzene rings is 1. The number of amides is 1. The van der Waals surface area contributed by atoms with E-state index in [9.17, 15) is 4.79 Å². The van der Waals surface area contributed by atoms with Crippen LogP contribution in [0.25, 0.3) is 22.2 Å². The number of rotatable bonds is 8. The van der Waals surface area contributed by atoms with Crippen LogP contribution in [0, 0.1) is 0 Å². The molecule has 3 aromatic heterocycles. The summed E-state index contributed by atoms with van der Waals surface area (Å²) in [5.74, 6) is 1.98. The van der Waals surface area contributed by atoms with Gasteiger partial charge in [-0.3, -0.25) is 9.78 Å². The Kier molecular flexibility index (Phi) is 7.06. The molecule has 34 heavy (non-hydrogen) atoms. The van der Waals surface area contributed by atoms with Gasteiger partial charge in [0.1, 0.15) is 18.0 Å². The summed E-state index contributed by atoms with van der Waals surface area (Å²) in [6.45, 7) is 7.03. The number of nitrogens with zero attached hydrogens (tertiary/aromatic N) is 5. The first-order valence-corrected chi connectivity index (χ1v) is 11.5. The van der Waals surface area contributed by atoms with Gasteiger partial charge in [-0.05, 0) is 24.0 Å². The van der Waals surface area contributed by atoms with Gasteiger partial charge in [-0.1, -0.05) is 39.0 Å². The van der Waals surface area contributed by atoms with Gasteiger partial charge in [0.05, 0.1) is 16.8 Å². The zero-order valence-electron chi connectivity index (χ0n) is 19.9. The highest BCUT2D eigenvalue weighted by Crippen LogP contribution is 2.28. The van der Waals surface area contributed by atoms with Crippen LogP contribution in [0.4, 0.5) is 5.82 Å². The maximum absolute atomic E-state index is 12.2. The first-order valence-electron chi connectivity index (χ1n) is 11.5. The lowest BCUT2D eigenvalue weighted by atomic mass is 9.94. The number of anilines is 1. The van der Waals surface area contributed by atoms with Crippen LogP contribution in [-0.2, 0) is 0 Å². The standard InChI is InChI=1S/C26H29N7O/c1-16(2)25-30-13-18(14-31-25)22-12-23(33-15-32-22)28-10-8-17(3)19-6-5-7-20-21(26(34)27-4)9-11-29-24(19)20/h5-7,9,11-17H,8,10H2,1-4H3,(H,27,34)(H,28,32,33). The molecule has 0 saturated carbocycles. The Morgan fingerprint density at radius 3 is 2.53 bits per heavy atom. The van der Waals surface area contributed by atoms with Crippen molar-refractivity contribution < 1.29 is 4.79 Å². The van der Waals surface area contributed by atoms with Gasteiger partial charge in [-0.2, -0.15) is 0 Å². The first kappa shape index (κ1) is 23.2. The molecule has 0 bridgehead atoms. The van der Waals surface area contributed by atoms with Gasteiger partial charge in [-0.25, -0.2) is 19.9 Å². The summed E-state index contributed by atoms with van der Waals surface area (Å²) in [6, 6.07) is 9.68. The van der Waals surface area contributed by atoms with E-state index in [2.05, 4.69) is 62.4 Å². The second kappa shape index (κ2) is 10.3. The summed E-state index contributed by atoms with van der Waals surface area (Å²) in [5.41, 5.74) is 4.26. The largest absolute Gasteiger partial charge is 0.370 e. The van der Waals surface area contributed by atoms with Gasteiger partial charge < -0.3 is 10.6 Å². The molecule has 1 atom stereocenters. The van der Waals surface area contributed by atoms with Crippen molar-refractivity contribution in [1.82, 2.24) is 30.2 Å². The van der Waals surface area contributed by atoms with Crippen LogP contribution in [0.15, 0.2) is 55.2 Å². The number of nitrogens with one attached hydrogen (secondary N) is 2. The minimum atomic E-state index is -0.109. The molecule has 0 radical (unpaired) electrons. The summed E-state index contributed by atoms with van der Waals surface area (Å²) in [4.78, 5) is 34.4. The SMILES string of the molecule is CNC(=O)c1ccnc2c(C(C)CCNc3cc(-c4cnc(C(C)C)nc4)ncn3)cccc12. The zero-order valence-corrected chi connectivity index (χ0v) is 19.9. The minimum Gasteiger partial charge on any atom is -0.370 e. The molecule has 8 nitrogen and oxygen atoms in total. The third-order valence-electron chi connectivity index (χ3n) is 5.84. The van der Waals surface area contributed by atoms with E-state index in [1.54, 1.807) is 38.0 Å². The zero-order chi connectivity index (χ0) is 24.1. The van der Waals surface area contributed by atoms with E-state index in [-0.39, 0.29) is 17.7 Å². The Morgan fingerprint density at radius 1 is 1.00 bits per heavy atom. The van der Waals surface area contributed by atoms with Crippen molar-refractivity contribution in [1.29, 1.82) is 0 Å². The number of hydrogen-bond acceptors (Lipinski definition) is 7. The smallest absolute Gasteiger partial charge is 0.251 e. The molecule has 0 aliphatic rings. The lowest BCUT2D eigenvalue weighted by Crippen LogP contribution is -2.18. The number of fused-ring (bicyclic) bond motifs is 1. The second-order valence-electron chi connectivity index (χ2n) is 8.57. The molecular weight excluding hydrogens is 426 g/mol. The molecule has 2 N–H and O–H groups in total. The summed E-state index contributed by atoms with van der Waals surface area (Å²) in [6.07, 6.45) is 7.72. The van der Waals surface area contributed by atoms with Gasteiger partial charge in [0, 0.05) is 55.1 Å². The third-order valence-corrected chi connectivity index (χ3v) is 5.84. The summed E-state index contributed by atoms with van der Waals surface area (Å²) >= 11 is 0. The average Bonchev–Trinajstić information content (AvgIpc) is 2.87. The Labute approximate surface area is 199 Å². The number of aromatic nitrogens is 5. The highest BCUT2D eigenvalue weighted by Gasteiger charge is 2.15. The molecule has 1 unspecified atom stereocenters. The van der Waals surface area contributed by atoms with Gasteiger partial charge >= 0.3 is 0 Å². The van der Waals surface area contributed by atoms with E-state index in [1.165, 1.54) is 0 Å². The predicted molar refractivity (Wildman–Crippen MR) is 134 cm³/mol. The van der Waals surface area contributed by atoms with Crippen LogP contribution in [0.1, 0.15) is 60.8 Å². The maximum Gasteiger partial charge on any atom is 0.251 e. The topological polar surface area (TPSA) is 106 Å². The lowest BCUT2D eigenvalue weighted by molar-refractivity contribution is 0.0964. The minimum absolute atomic E-state index is 0.109.